The number of rotatable bonds is 2. The standard InChI is InChI=1S/C13H11F3N2OS/c1-8-6-11(20-7-8)18-12(19)17-10-4-2-9(3-5-10)13(14,15)16/h2-7H,1H3,(H2,17,18,19). The van der Waals surface area contributed by atoms with Crippen molar-refractivity contribution in [2.45, 2.75) is 13.1 Å². The molecule has 0 aliphatic heterocycles. The summed E-state index contributed by atoms with van der Waals surface area (Å²) in [6.45, 7) is 1.90. The van der Waals surface area contributed by atoms with Crippen molar-refractivity contribution in [2.75, 3.05) is 10.6 Å². The molecule has 2 amide bonds. The number of alkyl halides is 3. The molecule has 106 valence electrons. The van der Waals surface area contributed by atoms with E-state index < -0.39 is 17.8 Å². The van der Waals surface area contributed by atoms with E-state index in [0.717, 1.165) is 17.7 Å². The molecule has 0 aliphatic carbocycles. The summed E-state index contributed by atoms with van der Waals surface area (Å²) in [7, 11) is 0. The molecule has 0 radical (unpaired) electrons. The fraction of sp³-hybridized carbons (Fsp3) is 0.154. The number of carbonyl (C=O) groups excluding carboxylic acids is 1. The number of benzene rings is 1. The Hall–Kier alpha value is -2.02. The van der Waals surface area contributed by atoms with Gasteiger partial charge in [-0.15, -0.1) is 11.3 Å². The van der Waals surface area contributed by atoms with Crippen LogP contribution in [0.5, 0.6) is 0 Å². The second-order valence-corrected chi connectivity index (χ2v) is 5.05. The molecule has 1 aromatic heterocycles. The molecule has 0 saturated heterocycles. The van der Waals surface area contributed by atoms with Crippen molar-refractivity contribution in [2.24, 2.45) is 0 Å². The summed E-state index contributed by atoms with van der Waals surface area (Å²) in [5.41, 5.74) is 0.570. The lowest BCUT2D eigenvalue weighted by molar-refractivity contribution is -0.137. The van der Waals surface area contributed by atoms with E-state index in [9.17, 15) is 18.0 Å². The van der Waals surface area contributed by atoms with Crippen LogP contribution >= 0.6 is 11.3 Å². The summed E-state index contributed by atoms with van der Waals surface area (Å²) >= 11 is 1.37. The van der Waals surface area contributed by atoms with E-state index in [-0.39, 0.29) is 0 Å². The average molecular weight is 300 g/mol. The first kappa shape index (κ1) is 14.4. The molecule has 0 spiro atoms. The van der Waals surface area contributed by atoms with Gasteiger partial charge in [0, 0.05) is 5.69 Å². The summed E-state index contributed by atoms with van der Waals surface area (Å²) in [4.78, 5) is 11.6. The smallest absolute Gasteiger partial charge is 0.308 e. The fourth-order valence-corrected chi connectivity index (χ4v) is 2.30. The Balaban J connectivity index is 1.98. The van der Waals surface area contributed by atoms with Gasteiger partial charge in [0.15, 0.2) is 0 Å². The van der Waals surface area contributed by atoms with Gasteiger partial charge in [0.05, 0.1) is 10.6 Å². The van der Waals surface area contributed by atoms with E-state index in [1.54, 1.807) is 6.07 Å². The summed E-state index contributed by atoms with van der Waals surface area (Å²) < 4.78 is 37.1. The molecule has 1 aromatic carbocycles. The van der Waals surface area contributed by atoms with Crippen LogP contribution in [-0.4, -0.2) is 6.03 Å². The topological polar surface area (TPSA) is 41.1 Å². The molecular weight excluding hydrogens is 289 g/mol. The summed E-state index contributed by atoms with van der Waals surface area (Å²) in [6.07, 6.45) is -4.38. The van der Waals surface area contributed by atoms with Gasteiger partial charge in [-0.2, -0.15) is 13.2 Å². The van der Waals surface area contributed by atoms with Crippen molar-refractivity contribution >= 4 is 28.1 Å². The minimum absolute atomic E-state index is 0.295. The number of anilines is 2. The van der Waals surface area contributed by atoms with Crippen molar-refractivity contribution < 1.29 is 18.0 Å². The Morgan fingerprint density at radius 2 is 1.80 bits per heavy atom. The number of hydrogen-bond donors (Lipinski definition) is 2. The van der Waals surface area contributed by atoms with Crippen molar-refractivity contribution in [1.29, 1.82) is 0 Å². The first-order valence-electron chi connectivity index (χ1n) is 5.65. The Kier molecular flexibility index (Phi) is 3.99. The van der Waals surface area contributed by atoms with E-state index in [1.165, 1.54) is 23.5 Å². The van der Waals surface area contributed by atoms with Crippen LogP contribution < -0.4 is 10.6 Å². The van der Waals surface area contributed by atoms with Crippen molar-refractivity contribution in [3.05, 3.63) is 46.8 Å². The molecule has 2 rings (SSSR count). The van der Waals surface area contributed by atoms with Gasteiger partial charge in [-0.3, -0.25) is 5.32 Å². The number of aryl methyl sites for hydroxylation is 1. The molecule has 2 N–H and O–H groups in total. The predicted octanol–water partition coefficient (Wildman–Crippen LogP) is 4.72. The van der Waals surface area contributed by atoms with E-state index in [1.807, 2.05) is 12.3 Å². The molecular formula is C13H11F3N2OS. The van der Waals surface area contributed by atoms with Gasteiger partial charge in [0.2, 0.25) is 0 Å². The van der Waals surface area contributed by atoms with Crippen LogP contribution in [0.15, 0.2) is 35.7 Å². The Morgan fingerprint density at radius 3 is 2.30 bits per heavy atom. The number of carbonyl (C=O) groups is 1. The minimum Gasteiger partial charge on any atom is -0.308 e. The minimum atomic E-state index is -4.38. The molecule has 0 saturated carbocycles. The number of halogens is 3. The first-order valence-corrected chi connectivity index (χ1v) is 6.53. The molecule has 7 heteroatoms. The Labute approximate surface area is 117 Å². The highest BCUT2D eigenvalue weighted by Crippen LogP contribution is 2.29. The summed E-state index contributed by atoms with van der Waals surface area (Å²) in [5, 5.41) is 7.63. The van der Waals surface area contributed by atoms with E-state index in [2.05, 4.69) is 10.6 Å². The maximum atomic E-state index is 12.4. The van der Waals surface area contributed by atoms with Gasteiger partial charge < -0.3 is 5.32 Å². The van der Waals surface area contributed by atoms with Crippen LogP contribution in [-0.2, 0) is 6.18 Å². The molecule has 0 fully saturated rings. The zero-order chi connectivity index (χ0) is 14.8. The normalized spacial score (nSPS) is 11.2. The predicted molar refractivity (Wildman–Crippen MR) is 73.1 cm³/mol. The number of amides is 2. The zero-order valence-corrected chi connectivity index (χ0v) is 11.2. The van der Waals surface area contributed by atoms with Crippen LogP contribution in [0.2, 0.25) is 0 Å². The number of hydrogen-bond acceptors (Lipinski definition) is 2. The molecule has 2 aromatic rings. The van der Waals surface area contributed by atoms with E-state index in [0.29, 0.717) is 10.7 Å². The maximum Gasteiger partial charge on any atom is 0.416 e. The molecule has 3 nitrogen and oxygen atoms in total. The molecule has 0 aliphatic rings. The lowest BCUT2D eigenvalue weighted by Gasteiger charge is -2.09. The fourth-order valence-electron chi connectivity index (χ4n) is 1.51. The van der Waals surface area contributed by atoms with Crippen LogP contribution in [0.3, 0.4) is 0 Å². The van der Waals surface area contributed by atoms with Crippen LogP contribution in [0.4, 0.5) is 28.7 Å². The molecule has 0 unspecified atom stereocenters. The van der Waals surface area contributed by atoms with E-state index in [4.69, 9.17) is 0 Å². The number of nitrogens with one attached hydrogen (secondary N) is 2. The average Bonchev–Trinajstić information content (AvgIpc) is 2.74. The van der Waals surface area contributed by atoms with Crippen molar-refractivity contribution in [3.63, 3.8) is 0 Å². The van der Waals surface area contributed by atoms with E-state index >= 15 is 0 Å². The van der Waals surface area contributed by atoms with Crippen LogP contribution in [0.1, 0.15) is 11.1 Å². The highest BCUT2D eigenvalue weighted by atomic mass is 32.1. The molecule has 1 heterocycles. The zero-order valence-electron chi connectivity index (χ0n) is 10.4. The van der Waals surface area contributed by atoms with Crippen molar-refractivity contribution in [3.8, 4) is 0 Å². The van der Waals surface area contributed by atoms with Crippen LogP contribution in [0.25, 0.3) is 0 Å². The number of urea groups is 1. The Bertz CT molecular complexity index is 605. The first-order chi connectivity index (χ1) is 9.34. The summed E-state index contributed by atoms with van der Waals surface area (Å²) in [5.74, 6) is 0. The molecule has 0 atom stereocenters. The van der Waals surface area contributed by atoms with Gasteiger partial charge in [0.1, 0.15) is 0 Å². The lowest BCUT2D eigenvalue weighted by Crippen LogP contribution is -2.18. The second kappa shape index (κ2) is 5.54. The van der Waals surface area contributed by atoms with Gasteiger partial charge in [-0.05, 0) is 48.2 Å². The van der Waals surface area contributed by atoms with Crippen molar-refractivity contribution in [1.82, 2.24) is 0 Å². The summed E-state index contributed by atoms with van der Waals surface area (Å²) in [6, 6.07) is 5.57. The highest BCUT2D eigenvalue weighted by molar-refractivity contribution is 7.14. The largest absolute Gasteiger partial charge is 0.416 e. The third-order valence-corrected chi connectivity index (χ3v) is 3.40. The SMILES string of the molecule is Cc1csc(NC(=O)Nc2ccc(C(F)(F)F)cc2)c1. The highest BCUT2D eigenvalue weighted by Gasteiger charge is 2.29. The second-order valence-electron chi connectivity index (χ2n) is 4.14. The quantitative estimate of drug-likeness (QED) is 0.828. The van der Waals surface area contributed by atoms with Crippen LogP contribution in [0, 0.1) is 6.92 Å². The lowest BCUT2D eigenvalue weighted by atomic mass is 10.2. The third-order valence-electron chi connectivity index (χ3n) is 2.44. The van der Waals surface area contributed by atoms with Gasteiger partial charge in [-0.25, -0.2) is 4.79 Å². The van der Waals surface area contributed by atoms with Gasteiger partial charge >= 0.3 is 12.2 Å². The maximum absolute atomic E-state index is 12.4. The molecule has 20 heavy (non-hydrogen) atoms. The Morgan fingerprint density at radius 1 is 1.15 bits per heavy atom. The van der Waals surface area contributed by atoms with Gasteiger partial charge in [0.25, 0.3) is 0 Å². The number of thiophene rings is 1. The third kappa shape index (κ3) is 3.74. The van der Waals surface area contributed by atoms with Gasteiger partial charge in [-0.1, -0.05) is 0 Å². The monoisotopic (exact) mass is 300 g/mol. The molecule has 0 bridgehead atoms.